The zero-order chi connectivity index (χ0) is 23.8. The van der Waals surface area contributed by atoms with E-state index in [4.69, 9.17) is 21.4 Å². The summed E-state index contributed by atoms with van der Waals surface area (Å²) in [6.07, 6.45) is -4.19. The van der Waals surface area contributed by atoms with Crippen LogP contribution in [0.3, 0.4) is 0 Å². The Bertz CT molecular complexity index is 1040. The van der Waals surface area contributed by atoms with E-state index in [0.717, 1.165) is 23.5 Å². The van der Waals surface area contributed by atoms with E-state index in [2.05, 4.69) is 15.2 Å². The number of aliphatic hydroxyl groups excluding tert-OH is 2. The number of hydrogen-bond acceptors (Lipinski definition) is 6. The predicted molar refractivity (Wildman–Crippen MR) is 114 cm³/mol. The fraction of sp³-hybridized carbons (Fsp3) is 0.455. The zero-order valence-corrected chi connectivity index (χ0v) is 18.3. The molecule has 1 spiro atoms. The number of fused-ring (bicyclic) bond motifs is 2. The van der Waals surface area contributed by atoms with Crippen molar-refractivity contribution in [3.8, 4) is 5.75 Å². The topological polar surface area (TPSA) is 94.9 Å². The first-order chi connectivity index (χ1) is 15.6. The second kappa shape index (κ2) is 9.09. The van der Waals surface area contributed by atoms with Crippen molar-refractivity contribution in [3.05, 3.63) is 52.3 Å². The van der Waals surface area contributed by atoms with E-state index >= 15 is 0 Å². The number of carbonyl (C=O) groups is 1. The monoisotopic (exact) mass is 485 g/mol. The minimum Gasteiger partial charge on any atom is -0.491 e. The molecule has 3 N–H and O–H groups in total. The van der Waals surface area contributed by atoms with Crippen LogP contribution in [-0.4, -0.2) is 58.9 Å². The molecule has 0 radical (unpaired) electrons. The molecule has 4 rings (SSSR count). The Kier molecular flexibility index (Phi) is 6.54. The lowest BCUT2D eigenvalue weighted by Crippen LogP contribution is -2.47. The highest BCUT2D eigenvalue weighted by atomic mass is 35.5. The highest BCUT2D eigenvalue weighted by Gasteiger charge is 2.48. The SMILES string of the molecule is O=C1Nc2ccc(Cl)cc2C12CCN(CCOc1cnc([C@@H](O)CO)c(C(F)(F)F)c1)CC2. The number of aromatic nitrogens is 1. The molecule has 1 fully saturated rings. The van der Waals surface area contributed by atoms with Gasteiger partial charge in [0, 0.05) is 17.3 Å². The molecule has 0 saturated carbocycles. The van der Waals surface area contributed by atoms with Gasteiger partial charge in [0.25, 0.3) is 0 Å². The van der Waals surface area contributed by atoms with E-state index < -0.39 is 35.6 Å². The van der Waals surface area contributed by atoms with Crippen molar-refractivity contribution in [2.45, 2.75) is 30.5 Å². The maximum Gasteiger partial charge on any atom is 0.418 e. The van der Waals surface area contributed by atoms with Crippen LogP contribution in [0.1, 0.15) is 35.8 Å². The second-order valence-corrected chi connectivity index (χ2v) is 8.65. The van der Waals surface area contributed by atoms with Gasteiger partial charge in [0.1, 0.15) is 18.5 Å². The summed E-state index contributed by atoms with van der Waals surface area (Å²) in [7, 11) is 0. The van der Waals surface area contributed by atoms with E-state index in [1.807, 2.05) is 6.07 Å². The number of carbonyl (C=O) groups excluding carboxylic acids is 1. The highest BCUT2D eigenvalue weighted by Crippen LogP contribution is 2.45. The number of piperidine rings is 1. The summed E-state index contributed by atoms with van der Waals surface area (Å²) >= 11 is 6.14. The van der Waals surface area contributed by atoms with Gasteiger partial charge in [0.15, 0.2) is 0 Å². The molecule has 2 aliphatic rings. The molecule has 0 unspecified atom stereocenters. The molecule has 33 heavy (non-hydrogen) atoms. The largest absolute Gasteiger partial charge is 0.491 e. The van der Waals surface area contributed by atoms with Gasteiger partial charge >= 0.3 is 6.18 Å². The number of amides is 1. The van der Waals surface area contributed by atoms with Gasteiger partial charge in [-0.1, -0.05) is 11.6 Å². The molecule has 2 aromatic rings. The first-order valence-electron chi connectivity index (χ1n) is 10.5. The molecule has 0 aliphatic carbocycles. The van der Waals surface area contributed by atoms with Gasteiger partial charge in [-0.2, -0.15) is 13.2 Å². The van der Waals surface area contributed by atoms with Crippen LogP contribution < -0.4 is 10.1 Å². The van der Waals surface area contributed by atoms with Crippen LogP contribution in [0.25, 0.3) is 0 Å². The minimum atomic E-state index is -4.75. The van der Waals surface area contributed by atoms with Crippen LogP contribution in [0.5, 0.6) is 5.75 Å². The van der Waals surface area contributed by atoms with Crippen LogP contribution in [0.4, 0.5) is 18.9 Å². The Labute approximate surface area is 193 Å². The third kappa shape index (κ3) is 4.65. The van der Waals surface area contributed by atoms with Crippen LogP contribution in [0.15, 0.2) is 30.5 Å². The number of hydrogen-bond donors (Lipinski definition) is 3. The molecule has 11 heteroatoms. The number of nitrogens with zero attached hydrogens (tertiary/aromatic N) is 2. The first kappa shape index (κ1) is 23.7. The van der Waals surface area contributed by atoms with E-state index in [1.165, 1.54) is 0 Å². The van der Waals surface area contributed by atoms with Crippen LogP contribution in [0.2, 0.25) is 5.02 Å². The van der Waals surface area contributed by atoms with Gasteiger partial charge in [-0.3, -0.25) is 14.7 Å². The van der Waals surface area contributed by atoms with E-state index in [1.54, 1.807) is 12.1 Å². The van der Waals surface area contributed by atoms with Crippen LogP contribution >= 0.6 is 11.6 Å². The summed E-state index contributed by atoms with van der Waals surface area (Å²) in [5.74, 6) is -0.116. The van der Waals surface area contributed by atoms with E-state index in [-0.39, 0.29) is 18.3 Å². The Balaban J connectivity index is 1.36. The van der Waals surface area contributed by atoms with Crippen molar-refractivity contribution in [2.24, 2.45) is 0 Å². The smallest absolute Gasteiger partial charge is 0.418 e. The number of benzene rings is 1. The summed E-state index contributed by atoms with van der Waals surface area (Å²) < 4.78 is 45.4. The number of aliphatic hydroxyl groups is 2. The van der Waals surface area contributed by atoms with Crippen molar-refractivity contribution in [2.75, 3.05) is 38.2 Å². The highest BCUT2D eigenvalue weighted by molar-refractivity contribution is 6.31. The second-order valence-electron chi connectivity index (χ2n) is 8.22. The Morgan fingerprint density at radius 2 is 2.00 bits per heavy atom. The van der Waals surface area contributed by atoms with Gasteiger partial charge in [-0.25, -0.2) is 0 Å². The van der Waals surface area contributed by atoms with Gasteiger partial charge in [-0.05, 0) is 55.8 Å². The summed E-state index contributed by atoms with van der Waals surface area (Å²) in [4.78, 5) is 18.4. The molecule has 1 atom stereocenters. The average molecular weight is 486 g/mol. The van der Waals surface area contributed by atoms with E-state index in [9.17, 15) is 23.1 Å². The van der Waals surface area contributed by atoms with Crippen molar-refractivity contribution in [1.82, 2.24) is 9.88 Å². The van der Waals surface area contributed by atoms with Crippen molar-refractivity contribution < 1.29 is 32.9 Å². The van der Waals surface area contributed by atoms with Crippen molar-refractivity contribution in [3.63, 3.8) is 0 Å². The number of likely N-dealkylation sites (tertiary alicyclic amines) is 1. The number of rotatable bonds is 6. The molecule has 1 aromatic carbocycles. The fourth-order valence-electron chi connectivity index (χ4n) is 4.45. The summed E-state index contributed by atoms with van der Waals surface area (Å²) in [5, 5.41) is 22.1. The van der Waals surface area contributed by atoms with Gasteiger partial charge in [0.2, 0.25) is 5.91 Å². The number of halogens is 4. The molecular formula is C22H23ClF3N3O4. The summed E-state index contributed by atoms with van der Waals surface area (Å²) in [6.45, 7) is 0.958. The van der Waals surface area contributed by atoms with Crippen molar-refractivity contribution >= 4 is 23.2 Å². The molecule has 1 saturated heterocycles. The standard InChI is InChI=1S/C22H23ClF3N3O4/c23-13-1-2-17-15(9-13)21(20(32)28-17)3-5-29(6-4-21)7-8-33-14-10-16(22(24,25)26)19(27-11-14)18(31)12-30/h1-2,9-11,18,30-31H,3-8,12H2,(H,28,32)/t18-/m0/s1. The molecule has 7 nitrogen and oxygen atoms in total. The summed E-state index contributed by atoms with van der Waals surface area (Å²) in [6, 6.07) is 6.15. The Hall–Kier alpha value is -2.40. The maximum atomic E-state index is 13.3. The zero-order valence-electron chi connectivity index (χ0n) is 17.5. The van der Waals surface area contributed by atoms with Crippen LogP contribution in [-0.2, 0) is 16.4 Å². The van der Waals surface area contributed by atoms with Gasteiger partial charge < -0.3 is 20.3 Å². The van der Waals surface area contributed by atoms with Crippen LogP contribution in [0, 0.1) is 0 Å². The number of ether oxygens (including phenoxy) is 1. The normalized spacial score (nSPS) is 18.8. The quantitative estimate of drug-likeness (QED) is 0.582. The lowest BCUT2D eigenvalue weighted by molar-refractivity contribution is -0.140. The first-order valence-corrected chi connectivity index (χ1v) is 10.8. The molecule has 2 aliphatic heterocycles. The average Bonchev–Trinajstić information content (AvgIpc) is 3.04. The third-order valence-corrected chi connectivity index (χ3v) is 6.49. The third-order valence-electron chi connectivity index (χ3n) is 6.25. The minimum absolute atomic E-state index is 0.0356. The lowest BCUT2D eigenvalue weighted by Gasteiger charge is -2.38. The molecule has 0 bridgehead atoms. The maximum absolute atomic E-state index is 13.3. The fourth-order valence-corrected chi connectivity index (χ4v) is 4.62. The number of anilines is 1. The number of alkyl halides is 3. The van der Waals surface area contributed by atoms with Crippen molar-refractivity contribution in [1.29, 1.82) is 0 Å². The molecule has 1 amide bonds. The number of nitrogens with one attached hydrogen (secondary N) is 1. The molecule has 178 valence electrons. The molecule has 3 heterocycles. The number of pyridine rings is 1. The molecular weight excluding hydrogens is 463 g/mol. The van der Waals surface area contributed by atoms with E-state index in [0.29, 0.717) is 37.5 Å². The Morgan fingerprint density at radius 3 is 2.67 bits per heavy atom. The molecule has 1 aromatic heterocycles. The summed E-state index contributed by atoms with van der Waals surface area (Å²) in [5.41, 5.74) is -0.720. The van der Waals surface area contributed by atoms with Gasteiger partial charge in [-0.15, -0.1) is 0 Å². The lowest BCUT2D eigenvalue weighted by atomic mass is 9.73. The predicted octanol–water partition coefficient (Wildman–Crippen LogP) is 3.14. The Morgan fingerprint density at radius 1 is 1.27 bits per heavy atom. The van der Waals surface area contributed by atoms with Gasteiger partial charge in [0.05, 0.1) is 29.5 Å².